The lowest BCUT2D eigenvalue weighted by molar-refractivity contribution is 0.242. The van der Waals surface area contributed by atoms with Gasteiger partial charge in [-0.05, 0) is 50.2 Å². The van der Waals surface area contributed by atoms with E-state index < -0.39 is 0 Å². The molecule has 1 aromatic carbocycles. The van der Waals surface area contributed by atoms with E-state index in [0.717, 1.165) is 5.75 Å². The van der Waals surface area contributed by atoms with E-state index >= 15 is 0 Å². The number of urea groups is 1. The second-order valence-electron chi connectivity index (χ2n) is 4.51. The van der Waals surface area contributed by atoms with E-state index in [1.54, 1.807) is 36.7 Å². The molecule has 0 aliphatic carbocycles. The minimum absolute atomic E-state index is 0.127. The van der Waals surface area contributed by atoms with Gasteiger partial charge in [-0.15, -0.1) is 0 Å². The fourth-order valence-electron chi connectivity index (χ4n) is 1.62. The Morgan fingerprint density at radius 1 is 1.10 bits per heavy atom. The number of amides is 2. The Hall–Kier alpha value is -2.56. The first kappa shape index (κ1) is 13.9. The van der Waals surface area contributed by atoms with Crippen molar-refractivity contribution >= 4 is 17.4 Å². The van der Waals surface area contributed by atoms with Crippen molar-refractivity contribution in [3.63, 3.8) is 0 Å². The Kier molecular flexibility index (Phi) is 4.55. The molecule has 1 aromatic heterocycles. The molecule has 0 fully saturated rings. The highest BCUT2D eigenvalue weighted by molar-refractivity contribution is 5.99. The number of benzene rings is 1. The first-order valence-corrected chi connectivity index (χ1v) is 6.38. The summed E-state index contributed by atoms with van der Waals surface area (Å²) in [7, 11) is 0. The maximum atomic E-state index is 11.8. The lowest BCUT2D eigenvalue weighted by Gasteiger charge is -2.11. The summed E-state index contributed by atoms with van der Waals surface area (Å²) in [5.74, 6) is 0.776. The molecule has 0 atom stereocenters. The molecule has 104 valence electrons. The summed E-state index contributed by atoms with van der Waals surface area (Å²) in [6.07, 6.45) is 3.36. The molecule has 5 heteroatoms. The van der Waals surface area contributed by atoms with Crippen LogP contribution in [0.3, 0.4) is 0 Å². The summed E-state index contributed by atoms with van der Waals surface area (Å²) in [4.78, 5) is 15.7. The fraction of sp³-hybridized carbons (Fsp3) is 0.200. The number of nitrogens with one attached hydrogen (secondary N) is 2. The maximum absolute atomic E-state index is 11.8. The molecule has 0 bridgehead atoms. The molecule has 0 saturated heterocycles. The molecular weight excluding hydrogens is 254 g/mol. The largest absolute Gasteiger partial charge is 0.491 e. The third-order valence-electron chi connectivity index (χ3n) is 2.40. The third-order valence-corrected chi connectivity index (χ3v) is 2.40. The van der Waals surface area contributed by atoms with Gasteiger partial charge >= 0.3 is 6.03 Å². The number of ether oxygens (including phenoxy) is 1. The van der Waals surface area contributed by atoms with E-state index in [2.05, 4.69) is 15.6 Å². The van der Waals surface area contributed by atoms with Gasteiger partial charge in [-0.2, -0.15) is 0 Å². The second kappa shape index (κ2) is 6.56. The van der Waals surface area contributed by atoms with Gasteiger partial charge in [0, 0.05) is 11.9 Å². The van der Waals surface area contributed by atoms with Gasteiger partial charge in [0.1, 0.15) is 5.75 Å². The van der Waals surface area contributed by atoms with E-state index in [1.807, 2.05) is 26.0 Å². The number of carbonyl (C=O) groups excluding carboxylic acids is 1. The lowest BCUT2D eigenvalue weighted by atomic mass is 10.3. The van der Waals surface area contributed by atoms with Gasteiger partial charge in [-0.3, -0.25) is 4.98 Å². The zero-order chi connectivity index (χ0) is 14.4. The summed E-state index contributed by atoms with van der Waals surface area (Å²) in [5, 5.41) is 5.43. The number of aromatic nitrogens is 1. The monoisotopic (exact) mass is 271 g/mol. The lowest BCUT2D eigenvalue weighted by Crippen LogP contribution is -2.19. The van der Waals surface area contributed by atoms with Crippen molar-refractivity contribution < 1.29 is 9.53 Å². The van der Waals surface area contributed by atoms with Crippen LogP contribution in [0.25, 0.3) is 0 Å². The number of nitrogens with zero attached hydrogens (tertiary/aromatic N) is 1. The maximum Gasteiger partial charge on any atom is 0.323 e. The van der Waals surface area contributed by atoms with Crippen LogP contribution in [0.15, 0.2) is 48.8 Å². The molecule has 0 aliphatic heterocycles. The number of anilines is 2. The highest BCUT2D eigenvalue weighted by atomic mass is 16.5. The first-order valence-electron chi connectivity index (χ1n) is 6.38. The molecular formula is C15H17N3O2. The molecule has 0 spiro atoms. The molecule has 2 aromatic rings. The Labute approximate surface area is 118 Å². The van der Waals surface area contributed by atoms with Gasteiger partial charge in [0.25, 0.3) is 0 Å². The molecule has 2 amide bonds. The zero-order valence-electron chi connectivity index (χ0n) is 11.5. The van der Waals surface area contributed by atoms with Crippen LogP contribution in [-0.2, 0) is 0 Å². The van der Waals surface area contributed by atoms with Gasteiger partial charge < -0.3 is 15.4 Å². The molecule has 0 unspecified atom stereocenters. The quantitative estimate of drug-likeness (QED) is 0.894. The smallest absolute Gasteiger partial charge is 0.323 e. The van der Waals surface area contributed by atoms with Crippen molar-refractivity contribution in [2.24, 2.45) is 0 Å². The van der Waals surface area contributed by atoms with Gasteiger partial charge in [0.05, 0.1) is 18.0 Å². The number of pyridine rings is 1. The summed E-state index contributed by atoms with van der Waals surface area (Å²) >= 11 is 0. The summed E-state index contributed by atoms with van der Waals surface area (Å²) in [6.45, 7) is 3.93. The van der Waals surface area contributed by atoms with Crippen LogP contribution in [0.4, 0.5) is 16.2 Å². The molecule has 2 rings (SSSR count). The number of hydrogen-bond donors (Lipinski definition) is 2. The van der Waals surface area contributed by atoms with Crippen molar-refractivity contribution in [2.45, 2.75) is 20.0 Å². The molecule has 20 heavy (non-hydrogen) atoms. The summed E-state index contributed by atoms with van der Waals surface area (Å²) < 4.78 is 5.53. The topological polar surface area (TPSA) is 63.2 Å². The van der Waals surface area contributed by atoms with Crippen molar-refractivity contribution in [1.82, 2.24) is 4.98 Å². The van der Waals surface area contributed by atoms with Crippen LogP contribution in [0, 0.1) is 0 Å². The van der Waals surface area contributed by atoms with Crippen LogP contribution < -0.4 is 15.4 Å². The second-order valence-corrected chi connectivity index (χ2v) is 4.51. The molecule has 0 radical (unpaired) electrons. The predicted octanol–water partition coefficient (Wildman–Crippen LogP) is 3.51. The summed E-state index contributed by atoms with van der Waals surface area (Å²) in [5.41, 5.74) is 1.34. The van der Waals surface area contributed by atoms with Crippen molar-refractivity contribution in [2.75, 3.05) is 10.6 Å². The normalized spacial score (nSPS) is 10.2. The van der Waals surface area contributed by atoms with Gasteiger partial charge in [-0.25, -0.2) is 4.79 Å². The van der Waals surface area contributed by atoms with Crippen LogP contribution in [-0.4, -0.2) is 17.1 Å². The highest BCUT2D eigenvalue weighted by Crippen LogP contribution is 2.17. The average molecular weight is 271 g/mol. The predicted molar refractivity (Wildman–Crippen MR) is 79.1 cm³/mol. The van der Waals surface area contributed by atoms with Crippen LogP contribution >= 0.6 is 0 Å². The Morgan fingerprint density at radius 3 is 2.40 bits per heavy atom. The minimum atomic E-state index is -0.310. The zero-order valence-corrected chi connectivity index (χ0v) is 11.5. The van der Waals surface area contributed by atoms with E-state index in [4.69, 9.17) is 4.74 Å². The Balaban J connectivity index is 1.91. The van der Waals surface area contributed by atoms with Crippen LogP contribution in [0.2, 0.25) is 0 Å². The van der Waals surface area contributed by atoms with Crippen LogP contribution in [0.1, 0.15) is 13.8 Å². The van der Waals surface area contributed by atoms with Crippen molar-refractivity contribution in [1.29, 1.82) is 0 Å². The number of carbonyl (C=O) groups is 1. The molecule has 5 nitrogen and oxygen atoms in total. The Morgan fingerprint density at radius 2 is 1.80 bits per heavy atom. The van der Waals surface area contributed by atoms with E-state index in [-0.39, 0.29) is 12.1 Å². The molecule has 0 aliphatic rings. The van der Waals surface area contributed by atoms with Gasteiger partial charge in [0.2, 0.25) is 0 Å². The fourth-order valence-corrected chi connectivity index (χ4v) is 1.62. The average Bonchev–Trinajstić information content (AvgIpc) is 2.41. The third kappa shape index (κ3) is 4.28. The van der Waals surface area contributed by atoms with Crippen molar-refractivity contribution in [3.05, 3.63) is 48.8 Å². The first-order chi connectivity index (χ1) is 9.63. The SMILES string of the molecule is CC(C)Oc1ccc(NC(=O)Nc2cccnc2)cc1. The van der Waals surface area contributed by atoms with Gasteiger partial charge in [0.15, 0.2) is 0 Å². The number of rotatable bonds is 4. The molecule has 1 heterocycles. The summed E-state index contributed by atoms with van der Waals surface area (Å²) in [6, 6.07) is 10.4. The van der Waals surface area contributed by atoms with Crippen molar-refractivity contribution in [3.8, 4) is 5.75 Å². The van der Waals surface area contributed by atoms with Gasteiger partial charge in [-0.1, -0.05) is 0 Å². The van der Waals surface area contributed by atoms with E-state index in [1.165, 1.54) is 0 Å². The number of hydrogen-bond acceptors (Lipinski definition) is 3. The standard InChI is InChI=1S/C15H17N3O2/c1-11(2)20-14-7-5-12(6-8-14)17-15(19)18-13-4-3-9-16-10-13/h3-11H,1-2H3,(H2,17,18,19). The van der Waals surface area contributed by atoms with E-state index in [0.29, 0.717) is 11.4 Å². The van der Waals surface area contributed by atoms with E-state index in [9.17, 15) is 4.79 Å². The Bertz CT molecular complexity index is 553. The molecule has 2 N–H and O–H groups in total. The van der Waals surface area contributed by atoms with Crippen LogP contribution in [0.5, 0.6) is 5.75 Å². The highest BCUT2D eigenvalue weighted by Gasteiger charge is 2.03. The minimum Gasteiger partial charge on any atom is -0.491 e. The molecule has 0 saturated carbocycles.